The third-order valence-corrected chi connectivity index (χ3v) is 2.50. The van der Waals surface area contributed by atoms with Crippen LogP contribution in [0.25, 0.3) is 0 Å². The Bertz CT molecular complexity index is 434. The second-order valence-corrected chi connectivity index (χ2v) is 3.59. The van der Waals surface area contributed by atoms with E-state index in [-0.39, 0.29) is 18.0 Å². The van der Waals surface area contributed by atoms with Crippen molar-refractivity contribution < 1.29 is 14.0 Å². The van der Waals surface area contributed by atoms with Gasteiger partial charge in [0.1, 0.15) is 5.82 Å². The number of carbonyl (C=O) groups is 2. The maximum Gasteiger partial charge on any atom is 0.239 e. The Balaban J connectivity index is 2.31. The van der Waals surface area contributed by atoms with Crippen LogP contribution in [0.15, 0.2) is 18.2 Å². The zero-order valence-electron chi connectivity index (χ0n) is 8.57. The topological polar surface area (TPSA) is 49.4 Å². The first kappa shape index (κ1) is 10.6. The number of amides is 1. The highest BCUT2D eigenvalue weighted by atomic mass is 19.1. The maximum absolute atomic E-state index is 12.9. The number of aldehydes is 1. The lowest BCUT2D eigenvalue weighted by atomic mass is 10.1. The Hall–Kier alpha value is -1.91. The molecule has 1 amide bonds. The molecule has 2 rings (SSSR count). The van der Waals surface area contributed by atoms with Gasteiger partial charge in [-0.15, -0.1) is 0 Å². The number of halogens is 1. The molecule has 0 spiro atoms. The smallest absolute Gasteiger partial charge is 0.239 e. The largest absolute Gasteiger partial charge is 0.360 e. The summed E-state index contributed by atoms with van der Waals surface area (Å²) >= 11 is 0. The van der Waals surface area contributed by atoms with E-state index in [0.717, 1.165) is 0 Å². The van der Waals surface area contributed by atoms with Crippen LogP contribution in [0.3, 0.4) is 0 Å². The van der Waals surface area contributed by atoms with E-state index >= 15 is 0 Å². The highest BCUT2D eigenvalue weighted by Gasteiger charge is 2.18. The van der Waals surface area contributed by atoms with E-state index in [1.807, 2.05) is 0 Å². The minimum absolute atomic E-state index is 0.0903. The molecule has 84 valence electrons. The standard InChI is InChI=1S/C11H11FN2O2/c12-9-1-2-10(8(5-9)7-15)14-4-3-13-11(16)6-14/h1-2,5,7H,3-4,6H2,(H,13,16). The third kappa shape index (κ3) is 2.03. The fraction of sp³-hybridized carbons (Fsp3) is 0.273. The van der Waals surface area contributed by atoms with Crippen LogP contribution >= 0.6 is 0 Å². The van der Waals surface area contributed by atoms with Crippen LogP contribution in [0, 0.1) is 5.82 Å². The average molecular weight is 222 g/mol. The molecule has 1 heterocycles. The minimum atomic E-state index is -0.452. The second-order valence-electron chi connectivity index (χ2n) is 3.59. The molecule has 1 fully saturated rings. The summed E-state index contributed by atoms with van der Waals surface area (Å²) in [4.78, 5) is 23.8. The molecule has 5 heteroatoms. The molecule has 0 bridgehead atoms. The van der Waals surface area contributed by atoms with E-state index in [2.05, 4.69) is 5.32 Å². The molecule has 1 saturated heterocycles. The molecule has 1 aromatic carbocycles. The zero-order valence-corrected chi connectivity index (χ0v) is 8.57. The third-order valence-electron chi connectivity index (χ3n) is 2.50. The van der Waals surface area contributed by atoms with Crippen molar-refractivity contribution in [3.05, 3.63) is 29.6 Å². The number of hydrogen-bond donors (Lipinski definition) is 1. The molecule has 0 radical (unpaired) electrons. The van der Waals surface area contributed by atoms with Crippen molar-refractivity contribution in [2.45, 2.75) is 0 Å². The highest BCUT2D eigenvalue weighted by molar-refractivity contribution is 5.88. The van der Waals surface area contributed by atoms with Gasteiger partial charge in [-0.25, -0.2) is 4.39 Å². The molecular formula is C11H11FN2O2. The molecule has 1 aliphatic rings. The Morgan fingerprint density at radius 2 is 2.25 bits per heavy atom. The van der Waals surface area contributed by atoms with Gasteiger partial charge < -0.3 is 10.2 Å². The van der Waals surface area contributed by atoms with Crippen LogP contribution in [0.2, 0.25) is 0 Å². The van der Waals surface area contributed by atoms with Crippen LogP contribution < -0.4 is 10.2 Å². The summed E-state index contributed by atoms with van der Waals surface area (Å²) in [6, 6.07) is 3.99. The molecule has 1 aliphatic heterocycles. The number of nitrogens with zero attached hydrogens (tertiary/aromatic N) is 1. The number of hydrogen-bond acceptors (Lipinski definition) is 3. The minimum Gasteiger partial charge on any atom is -0.360 e. The van der Waals surface area contributed by atoms with Crippen LogP contribution in [0.1, 0.15) is 10.4 Å². The molecule has 0 aromatic heterocycles. The van der Waals surface area contributed by atoms with Gasteiger partial charge in [-0.1, -0.05) is 0 Å². The SMILES string of the molecule is O=Cc1cc(F)ccc1N1CCNC(=O)C1. The number of nitrogens with one attached hydrogen (secondary N) is 1. The van der Waals surface area contributed by atoms with E-state index in [0.29, 0.717) is 25.1 Å². The van der Waals surface area contributed by atoms with Crippen molar-refractivity contribution in [1.29, 1.82) is 0 Å². The van der Waals surface area contributed by atoms with Crippen molar-refractivity contribution in [3.63, 3.8) is 0 Å². The van der Waals surface area contributed by atoms with Gasteiger partial charge in [0.15, 0.2) is 6.29 Å². The normalized spacial score (nSPS) is 15.8. The quantitative estimate of drug-likeness (QED) is 0.744. The number of carbonyl (C=O) groups excluding carboxylic acids is 2. The predicted octanol–water partition coefficient (Wildman–Crippen LogP) is 0.574. The number of benzene rings is 1. The Kier molecular flexibility index (Phi) is 2.85. The predicted molar refractivity (Wildman–Crippen MR) is 57.0 cm³/mol. The van der Waals surface area contributed by atoms with Gasteiger partial charge in [0.05, 0.1) is 6.54 Å². The fourth-order valence-electron chi connectivity index (χ4n) is 1.75. The molecule has 0 unspecified atom stereocenters. The van der Waals surface area contributed by atoms with E-state index in [1.54, 1.807) is 4.90 Å². The van der Waals surface area contributed by atoms with Crippen molar-refractivity contribution in [2.24, 2.45) is 0 Å². The van der Waals surface area contributed by atoms with Gasteiger partial charge in [0.25, 0.3) is 0 Å². The second kappa shape index (κ2) is 4.30. The monoisotopic (exact) mass is 222 g/mol. The first-order chi connectivity index (χ1) is 7.70. The molecule has 0 atom stereocenters. The van der Waals surface area contributed by atoms with Crippen molar-refractivity contribution in [3.8, 4) is 0 Å². The van der Waals surface area contributed by atoms with Gasteiger partial charge in [-0.3, -0.25) is 9.59 Å². The summed E-state index contributed by atoms with van der Waals surface area (Å²) in [5.41, 5.74) is 0.876. The summed E-state index contributed by atoms with van der Waals surface area (Å²) in [5, 5.41) is 2.69. The number of anilines is 1. The first-order valence-corrected chi connectivity index (χ1v) is 4.97. The van der Waals surface area contributed by atoms with E-state index in [4.69, 9.17) is 0 Å². The Labute approximate surface area is 92.0 Å². The van der Waals surface area contributed by atoms with E-state index in [9.17, 15) is 14.0 Å². The first-order valence-electron chi connectivity index (χ1n) is 4.97. The van der Waals surface area contributed by atoms with Crippen LogP contribution in [-0.4, -0.2) is 31.8 Å². The highest BCUT2D eigenvalue weighted by Crippen LogP contribution is 2.20. The maximum atomic E-state index is 12.9. The summed E-state index contributed by atoms with van der Waals surface area (Å²) in [7, 11) is 0. The molecular weight excluding hydrogens is 211 g/mol. The van der Waals surface area contributed by atoms with Crippen molar-refractivity contribution >= 4 is 17.9 Å². The Morgan fingerprint density at radius 1 is 1.44 bits per heavy atom. The zero-order chi connectivity index (χ0) is 11.5. The van der Waals surface area contributed by atoms with E-state index in [1.165, 1.54) is 18.2 Å². The average Bonchev–Trinajstić information content (AvgIpc) is 2.28. The van der Waals surface area contributed by atoms with Gasteiger partial charge in [0, 0.05) is 24.3 Å². The fourth-order valence-corrected chi connectivity index (χ4v) is 1.75. The lowest BCUT2D eigenvalue weighted by molar-refractivity contribution is -0.120. The summed E-state index contributed by atoms with van der Waals surface area (Å²) in [6.07, 6.45) is 0.602. The summed E-state index contributed by atoms with van der Waals surface area (Å²) < 4.78 is 12.9. The van der Waals surface area contributed by atoms with Gasteiger partial charge >= 0.3 is 0 Å². The summed E-state index contributed by atoms with van der Waals surface area (Å²) in [6.45, 7) is 1.36. The molecule has 4 nitrogen and oxygen atoms in total. The van der Waals surface area contributed by atoms with Gasteiger partial charge in [-0.2, -0.15) is 0 Å². The summed E-state index contributed by atoms with van der Waals surface area (Å²) in [5.74, 6) is -0.542. The van der Waals surface area contributed by atoms with Gasteiger partial charge in [-0.05, 0) is 18.2 Å². The molecule has 0 saturated carbocycles. The van der Waals surface area contributed by atoms with Gasteiger partial charge in [0.2, 0.25) is 5.91 Å². The van der Waals surface area contributed by atoms with Crippen molar-refractivity contribution in [1.82, 2.24) is 5.32 Å². The number of rotatable bonds is 2. The van der Waals surface area contributed by atoms with Crippen molar-refractivity contribution in [2.75, 3.05) is 24.5 Å². The Morgan fingerprint density at radius 3 is 2.94 bits per heavy atom. The van der Waals surface area contributed by atoms with Crippen LogP contribution in [0.4, 0.5) is 10.1 Å². The lowest BCUT2D eigenvalue weighted by Gasteiger charge is -2.29. The van der Waals surface area contributed by atoms with E-state index < -0.39 is 5.82 Å². The molecule has 1 N–H and O–H groups in total. The molecule has 0 aliphatic carbocycles. The van der Waals surface area contributed by atoms with Crippen LogP contribution in [-0.2, 0) is 4.79 Å². The lowest BCUT2D eigenvalue weighted by Crippen LogP contribution is -2.48. The van der Waals surface area contributed by atoms with Crippen LogP contribution in [0.5, 0.6) is 0 Å². The molecule has 1 aromatic rings. The number of piperazine rings is 1. The molecule has 16 heavy (non-hydrogen) atoms.